The van der Waals surface area contributed by atoms with Crippen molar-refractivity contribution >= 4 is 5.91 Å². The normalized spacial score (nSPS) is 21.1. The van der Waals surface area contributed by atoms with Crippen molar-refractivity contribution in [3.63, 3.8) is 0 Å². The summed E-state index contributed by atoms with van der Waals surface area (Å²) in [5, 5.41) is 19.5. The molecule has 8 heteroatoms. The van der Waals surface area contributed by atoms with E-state index in [0.717, 1.165) is 11.4 Å². The zero-order valence-electron chi connectivity index (χ0n) is 17.1. The number of carbonyl (C=O) groups excluding carboxylic acids is 1. The number of hydrogen-bond acceptors (Lipinski definition) is 5. The molecule has 0 bridgehead atoms. The number of hydrogen-bond donors (Lipinski definition) is 1. The van der Waals surface area contributed by atoms with Gasteiger partial charge in [0.15, 0.2) is 5.75 Å². The Labute approximate surface area is 165 Å². The van der Waals surface area contributed by atoms with Gasteiger partial charge in [-0.1, -0.05) is 0 Å². The van der Waals surface area contributed by atoms with Crippen LogP contribution in [0, 0.1) is 13.8 Å². The molecule has 0 aromatic carbocycles. The van der Waals surface area contributed by atoms with Crippen LogP contribution >= 0.6 is 0 Å². The Morgan fingerprint density at radius 1 is 1.32 bits per heavy atom. The number of aryl methyl sites for hydroxylation is 2. The van der Waals surface area contributed by atoms with Gasteiger partial charge in [0.2, 0.25) is 5.91 Å². The number of aliphatic hydroxyl groups excluding tert-OH is 1. The Balaban J connectivity index is 1.42. The summed E-state index contributed by atoms with van der Waals surface area (Å²) < 4.78 is 9.92. The van der Waals surface area contributed by atoms with E-state index in [-0.39, 0.29) is 18.5 Å². The van der Waals surface area contributed by atoms with Crippen molar-refractivity contribution < 1.29 is 14.6 Å². The van der Waals surface area contributed by atoms with Crippen molar-refractivity contribution in [2.45, 2.75) is 71.2 Å². The lowest BCUT2D eigenvalue weighted by atomic mass is 9.83. The number of amides is 1. The molecule has 1 atom stereocenters. The van der Waals surface area contributed by atoms with Crippen LogP contribution in [0.4, 0.5) is 0 Å². The van der Waals surface area contributed by atoms with Crippen molar-refractivity contribution in [2.75, 3.05) is 13.1 Å². The molecule has 1 unspecified atom stereocenters. The predicted octanol–water partition coefficient (Wildman–Crippen LogP) is 2.15. The Morgan fingerprint density at radius 2 is 2.04 bits per heavy atom. The molecule has 2 aromatic rings. The number of ether oxygens (including phenoxy) is 1. The van der Waals surface area contributed by atoms with Gasteiger partial charge in [-0.3, -0.25) is 14.2 Å². The third kappa shape index (κ3) is 3.41. The van der Waals surface area contributed by atoms with Crippen LogP contribution in [-0.2, 0) is 11.3 Å². The molecule has 1 fully saturated rings. The fourth-order valence-corrected chi connectivity index (χ4v) is 4.22. The minimum Gasteiger partial charge on any atom is -0.483 e. The maximum atomic E-state index is 12.7. The summed E-state index contributed by atoms with van der Waals surface area (Å²) in [4.78, 5) is 14.6. The van der Waals surface area contributed by atoms with Crippen LogP contribution in [0.5, 0.6) is 5.75 Å². The molecule has 28 heavy (non-hydrogen) atoms. The minimum atomic E-state index is -0.624. The second-order valence-electron chi connectivity index (χ2n) is 8.42. The van der Waals surface area contributed by atoms with Gasteiger partial charge >= 0.3 is 0 Å². The van der Waals surface area contributed by atoms with Crippen LogP contribution in [0.2, 0.25) is 0 Å². The molecule has 1 spiro atoms. The van der Waals surface area contributed by atoms with Gasteiger partial charge in [0.1, 0.15) is 23.9 Å². The lowest BCUT2D eigenvalue weighted by Crippen LogP contribution is -2.52. The van der Waals surface area contributed by atoms with Gasteiger partial charge < -0.3 is 14.7 Å². The highest BCUT2D eigenvalue weighted by Crippen LogP contribution is 2.44. The summed E-state index contributed by atoms with van der Waals surface area (Å²) in [5.41, 5.74) is 2.12. The SMILES string of the molecule is Cc1cc(C)n(CC(=O)N2CCC3(CC2)CC(O)c2nn(C(C)C)cc2O3)n1. The maximum absolute atomic E-state index is 12.7. The first-order valence-corrected chi connectivity index (χ1v) is 10.0. The molecular weight excluding hydrogens is 358 g/mol. The van der Waals surface area contributed by atoms with Crippen LogP contribution in [0.25, 0.3) is 0 Å². The minimum absolute atomic E-state index is 0.0747. The van der Waals surface area contributed by atoms with Gasteiger partial charge in [0, 0.05) is 44.1 Å². The quantitative estimate of drug-likeness (QED) is 0.872. The predicted molar refractivity (Wildman–Crippen MR) is 103 cm³/mol. The summed E-state index contributed by atoms with van der Waals surface area (Å²) in [6.07, 6.45) is 3.19. The van der Waals surface area contributed by atoms with Gasteiger partial charge in [0.05, 0.1) is 11.9 Å². The first-order chi connectivity index (χ1) is 13.3. The Hall–Kier alpha value is -2.35. The lowest BCUT2D eigenvalue weighted by molar-refractivity contribution is -0.137. The van der Waals surface area contributed by atoms with Crippen LogP contribution in [0.3, 0.4) is 0 Å². The monoisotopic (exact) mass is 387 g/mol. The van der Waals surface area contributed by atoms with Crippen LogP contribution in [0.1, 0.15) is 62.3 Å². The molecule has 8 nitrogen and oxygen atoms in total. The molecule has 152 valence electrons. The molecule has 0 saturated carbocycles. The molecule has 2 aromatic heterocycles. The van der Waals surface area contributed by atoms with Gasteiger partial charge in [-0.05, 0) is 33.8 Å². The van der Waals surface area contributed by atoms with E-state index in [1.165, 1.54) is 0 Å². The zero-order valence-corrected chi connectivity index (χ0v) is 17.1. The molecular formula is C20H29N5O3. The molecule has 1 amide bonds. The molecule has 2 aliphatic heterocycles. The fraction of sp³-hybridized carbons (Fsp3) is 0.650. The highest BCUT2D eigenvalue weighted by Gasteiger charge is 2.45. The number of fused-ring (bicyclic) bond motifs is 1. The van der Waals surface area contributed by atoms with Gasteiger partial charge in [-0.15, -0.1) is 0 Å². The molecule has 1 N–H and O–H groups in total. The Morgan fingerprint density at radius 3 is 2.64 bits per heavy atom. The first-order valence-electron chi connectivity index (χ1n) is 10.0. The van der Waals surface area contributed by atoms with E-state index in [1.807, 2.05) is 49.5 Å². The third-order valence-corrected chi connectivity index (χ3v) is 5.88. The number of aliphatic hydroxyl groups is 1. The standard InChI is InChI=1S/C20H29N5O3/c1-13(2)24-11-17-19(22-24)16(26)10-20(28-17)5-7-23(8-6-20)18(27)12-25-15(4)9-14(3)21-25/h9,11,13,16,26H,5-8,10,12H2,1-4H3. The maximum Gasteiger partial charge on any atom is 0.244 e. The number of piperidine rings is 1. The second-order valence-corrected chi connectivity index (χ2v) is 8.42. The van der Waals surface area contributed by atoms with Crippen molar-refractivity contribution in [1.82, 2.24) is 24.5 Å². The topological polar surface area (TPSA) is 85.4 Å². The first kappa shape index (κ1) is 19.0. The summed E-state index contributed by atoms with van der Waals surface area (Å²) in [6, 6.07) is 2.19. The molecule has 0 radical (unpaired) electrons. The number of rotatable bonds is 3. The average molecular weight is 387 g/mol. The average Bonchev–Trinajstić information content (AvgIpc) is 3.19. The van der Waals surface area contributed by atoms with Crippen LogP contribution in [-0.4, -0.2) is 54.2 Å². The molecule has 2 aliphatic rings. The highest BCUT2D eigenvalue weighted by molar-refractivity contribution is 5.76. The van der Waals surface area contributed by atoms with Crippen molar-refractivity contribution in [3.8, 4) is 5.75 Å². The van der Waals surface area contributed by atoms with E-state index < -0.39 is 11.7 Å². The molecule has 4 rings (SSSR count). The summed E-state index contributed by atoms with van der Waals surface area (Å²) in [6.45, 7) is 9.50. The van der Waals surface area contributed by atoms with Crippen LogP contribution in [0.15, 0.2) is 12.3 Å². The number of aromatic nitrogens is 4. The highest BCUT2D eigenvalue weighted by atomic mass is 16.5. The molecule has 1 saturated heterocycles. The smallest absolute Gasteiger partial charge is 0.244 e. The largest absolute Gasteiger partial charge is 0.483 e. The summed E-state index contributed by atoms with van der Waals surface area (Å²) in [5.74, 6) is 0.751. The van der Waals surface area contributed by atoms with E-state index in [9.17, 15) is 9.90 Å². The molecule has 0 aliphatic carbocycles. The Bertz CT molecular complexity index is 877. The van der Waals surface area contributed by atoms with Gasteiger partial charge in [-0.25, -0.2) is 0 Å². The number of carbonyl (C=O) groups is 1. The third-order valence-electron chi connectivity index (χ3n) is 5.88. The fourth-order valence-electron chi connectivity index (χ4n) is 4.22. The van der Waals surface area contributed by atoms with Gasteiger partial charge in [0.25, 0.3) is 0 Å². The van der Waals surface area contributed by atoms with Crippen molar-refractivity contribution in [3.05, 3.63) is 29.3 Å². The second kappa shape index (κ2) is 6.92. The lowest BCUT2D eigenvalue weighted by Gasteiger charge is -2.44. The van der Waals surface area contributed by atoms with Crippen LogP contribution < -0.4 is 4.74 Å². The number of nitrogens with zero attached hydrogens (tertiary/aromatic N) is 5. The number of likely N-dealkylation sites (tertiary alicyclic amines) is 1. The van der Waals surface area contributed by atoms with E-state index >= 15 is 0 Å². The van der Waals surface area contributed by atoms with Crippen molar-refractivity contribution in [1.29, 1.82) is 0 Å². The van der Waals surface area contributed by atoms with E-state index in [2.05, 4.69) is 10.2 Å². The summed E-state index contributed by atoms with van der Waals surface area (Å²) >= 11 is 0. The van der Waals surface area contributed by atoms with E-state index in [0.29, 0.717) is 43.8 Å². The Kier molecular flexibility index (Phi) is 4.69. The van der Waals surface area contributed by atoms with E-state index in [1.54, 1.807) is 4.68 Å². The van der Waals surface area contributed by atoms with Gasteiger partial charge in [-0.2, -0.15) is 10.2 Å². The van der Waals surface area contributed by atoms with E-state index in [4.69, 9.17) is 4.74 Å². The zero-order chi connectivity index (χ0) is 20.1. The van der Waals surface area contributed by atoms with Crippen molar-refractivity contribution in [2.24, 2.45) is 0 Å². The summed E-state index contributed by atoms with van der Waals surface area (Å²) in [7, 11) is 0. The molecule has 4 heterocycles.